The molecule has 0 bridgehead atoms. The Balaban J connectivity index is 1.49. The summed E-state index contributed by atoms with van der Waals surface area (Å²) in [5, 5.41) is 72.3. The molecule has 1 aromatic rings. The lowest BCUT2D eigenvalue weighted by Gasteiger charge is -2.44. The third-order valence-electron chi connectivity index (χ3n) is 6.80. The van der Waals surface area contributed by atoms with Gasteiger partial charge in [-0.3, -0.25) is 0 Å². The van der Waals surface area contributed by atoms with E-state index in [0.29, 0.717) is 0 Å². The van der Waals surface area contributed by atoms with Crippen molar-refractivity contribution in [3.05, 3.63) is 54.3 Å². The summed E-state index contributed by atoms with van der Waals surface area (Å²) >= 11 is 0. The molecule has 0 amide bonds. The van der Waals surface area contributed by atoms with Crippen LogP contribution < -0.4 is 0 Å². The molecule has 1 aromatic carbocycles. The maximum absolute atomic E-state index is 12.3. The minimum atomic E-state index is -2.23. The van der Waals surface area contributed by atoms with Gasteiger partial charge in [-0.15, -0.1) is 0 Å². The number of benzene rings is 1. The van der Waals surface area contributed by atoms with Gasteiger partial charge in [0.05, 0.1) is 24.9 Å². The van der Waals surface area contributed by atoms with E-state index in [2.05, 4.69) is 0 Å². The first-order chi connectivity index (χ1) is 17.2. The van der Waals surface area contributed by atoms with Crippen molar-refractivity contribution >= 4 is 12.0 Å². The standard InChI is InChI=1S/C24H30O12/c25-10-14-18(28)19(29)20(30)23(35-14)36-22-16-13(8-9-33-22)17(27)21(31)24(16,32)11-34-15(26)7-6-12-4-2-1-3-5-12/h1-9,13-14,16-23,25,27-32H,10-11H2/t13-,14+,16+,17-,18-,19+,20-,21-,22-,23+,24+/m0/s1. The van der Waals surface area contributed by atoms with Crippen LogP contribution in [0.15, 0.2) is 48.7 Å². The van der Waals surface area contributed by atoms with Gasteiger partial charge in [-0.1, -0.05) is 30.3 Å². The predicted octanol–water partition coefficient (Wildman–Crippen LogP) is -2.37. The summed E-state index contributed by atoms with van der Waals surface area (Å²) in [6.45, 7) is -1.41. The molecule has 1 saturated heterocycles. The summed E-state index contributed by atoms with van der Waals surface area (Å²) < 4.78 is 21.6. The quantitative estimate of drug-likeness (QED) is 0.152. The number of ether oxygens (including phenoxy) is 4. The van der Waals surface area contributed by atoms with Gasteiger partial charge in [0, 0.05) is 12.0 Å². The predicted molar refractivity (Wildman–Crippen MR) is 119 cm³/mol. The highest BCUT2D eigenvalue weighted by Gasteiger charge is 2.64. The molecule has 0 radical (unpaired) electrons. The van der Waals surface area contributed by atoms with Crippen LogP contribution in [0.2, 0.25) is 0 Å². The lowest BCUT2D eigenvalue weighted by Crippen LogP contribution is -2.61. The average molecular weight is 510 g/mol. The summed E-state index contributed by atoms with van der Waals surface area (Å²) in [4.78, 5) is 12.3. The van der Waals surface area contributed by atoms with E-state index in [0.717, 1.165) is 11.6 Å². The Labute approximate surface area is 206 Å². The Morgan fingerprint density at radius 2 is 1.72 bits per heavy atom. The number of hydrogen-bond donors (Lipinski definition) is 7. The van der Waals surface area contributed by atoms with Crippen LogP contribution in [0.5, 0.6) is 0 Å². The Bertz CT molecular complexity index is 952. The van der Waals surface area contributed by atoms with E-state index in [1.54, 1.807) is 24.3 Å². The molecule has 1 saturated carbocycles. The molecule has 2 fully saturated rings. The van der Waals surface area contributed by atoms with E-state index in [1.807, 2.05) is 6.07 Å². The number of fused-ring (bicyclic) bond motifs is 1. The Morgan fingerprint density at radius 3 is 2.42 bits per heavy atom. The van der Waals surface area contributed by atoms with E-state index in [1.165, 1.54) is 18.4 Å². The van der Waals surface area contributed by atoms with Crippen molar-refractivity contribution in [1.82, 2.24) is 0 Å². The lowest BCUT2D eigenvalue weighted by molar-refractivity contribution is -0.348. The summed E-state index contributed by atoms with van der Waals surface area (Å²) in [6.07, 6.45) is -7.38. The molecule has 2 aliphatic heterocycles. The van der Waals surface area contributed by atoms with Gasteiger partial charge < -0.3 is 54.7 Å². The number of rotatable bonds is 7. The maximum atomic E-state index is 12.3. The summed E-state index contributed by atoms with van der Waals surface area (Å²) in [6, 6.07) is 8.93. The summed E-state index contributed by atoms with van der Waals surface area (Å²) in [7, 11) is 0. The smallest absolute Gasteiger partial charge is 0.330 e. The zero-order chi connectivity index (χ0) is 26.0. The molecule has 11 atom stereocenters. The SMILES string of the molecule is O=C(C=Cc1ccccc1)OC[C@@]1(O)[C@H]2[C@H](O[C@H]3O[C@H](CO)[C@H](O)[C@@H](O)[C@@H]3O)OC=C[C@@H]2[C@H](O)[C@@H]1O. The summed E-state index contributed by atoms with van der Waals surface area (Å²) in [5.41, 5.74) is -1.49. The average Bonchev–Trinajstić information content (AvgIpc) is 3.09. The highest BCUT2D eigenvalue weighted by atomic mass is 16.8. The number of carbonyl (C=O) groups is 1. The largest absolute Gasteiger partial charge is 0.472 e. The van der Waals surface area contributed by atoms with Gasteiger partial charge >= 0.3 is 5.97 Å². The van der Waals surface area contributed by atoms with Gasteiger partial charge in [0.1, 0.15) is 42.7 Å². The summed E-state index contributed by atoms with van der Waals surface area (Å²) in [5.74, 6) is -2.91. The van der Waals surface area contributed by atoms with Gasteiger partial charge in [-0.2, -0.15) is 0 Å². The minimum absolute atomic E-state index is 0.684. The molecule has 4 rings (SSSR count). The lowest BCUT2D eigenvalue weighted by atomic mass is 9.83. The van der Waals surface area contributed by atoms with Gasteiger partial charge in [-0.25, -0.2) is 4.79 Å². The first-order valence-electron chi connectivity index (χ1n) is 11.4. The van der Waals surface area contributed by atoms with E-state index in [9.17, 15) is 40.5 Å². The number of aliphatic hydroxyl groups is 7. The van der Waals surface area contributed by atoms with Crippen LogP contribution in [0, 0.1) is 11.8 Å². The zero-order valence-corrected chi connectivity index (χ0v) is 19.1. The fraction of sp³-hybridized carbons (Fsp3) is 0.542. The molecular weight excluding hydrogens is 480 g/mol. The van der Waals surface area contributed by atoms with Crippen molar-refractivity contribution < 1.29 is 59.5 Å². The van der Waals surface area contributed by atoms with E-state index < -0.39 is 85.8 Å². The molecule has 7 N–H and O–H groups in total. The van der Waals surface area contributed by atoms with Gasteiger partial charge in [0.2, 0.25) is 6.29 Å². The van der Waals surface area contributed by atoms with Crippen LogP contribution in [0.1, 0.15) is 5.56 Å². The van der Waals surface area contributed by atoms with E-state index in [4.69, 9.17) is 18.9 Å². The number of hydrogen-bond acceptors (Lipinski definition) is 12. The van der Waals surface area contributed by atoms with Crippen LogP contribution in [0.4, 0.5) is 0 Å². The molecule has 36 heavy (non-hydrogen) atoms. The molecule has 0 unspecified atom stereocenters. The molecule has 2 heterocycles. The minimum Gasteiger partial charge on any atom is -0.472 e. The van der Waals surface area contributed by atoms with Crippen LogP contribution in [0.25, 0.3) is 6.08 Å². The van der Waals surface area contributed by atoms with Crippen molar-refractivity contribution in [2.75, 3.05) is 13.2 Å². The molecule has 12 nitrogen and oxygen atoms in total. The van der Waals surface area contributed by atoms with E-state index in [-0.39, 0.29) is 0 Å². The van der Waals surface area contributed by atoms with Crippen LogP contribution >= 0.6 is 0 Å². The molecule has 0 spiro atoms. The number of aliphatic hydroxyl groups excluding tert-OH is 6. The second kappa shape index (κ2) is 10.9. The topological polar surface area (TPSA) is 196 Å². The third kappa shape index (κ3) is 5.05. The molecule has 0 aromatic heterocycles. The fourth-order valence-corrected chi connectivity index (χ4v) is 4.77. The second-order valence-electron chi connectivity index (χ2n) is 9.05. The van der Waals surface area contributed by atoms with E-state index >= 15 is 0 Å². The first kappa shape index (κ1) is 26.7. The normalized spacial score (nSPS) is 42.2. The molecule has 198 valence electrons. The Hall–Kier alpha value is -2.39. The third-order valence-corrected chi connectivity index (χ3v) is 6.80. The molecule has 3 aliphatic rings. The Morgan fingerprint density at radius 1 is 1.00 bits per heavy atom. The molecule has 1 aliphatic carbocycles. The monoisotopic (exact) mass is 510 g/mol. The highest BCUT2D eigenvalue weighted by molar-refractivity contribution is 5.87. The number of esters is 1. The van der Waals surface area contributed by atoms with Crippen molar-refractivity contribution in [2.45, 2.75) is 54.8 Å². The van der Waals surface area contributed by atoms with Crippen LogP contribution in [-0.4, -0.2) is 110 Å². The fourth-order valence-electron chi connectivity index (χ4n) is 4.77. The Kier molecular flexibility index (Phi) is 8.09. The maximum Gasteiger partial charge on any atom is 0.330 e. The highest BCUT2D eigenvalue weighted by Crippen LogP contribution is 2.47. The van der Waals surface area contributed by atoms with Gasteiger partial charge in [-0.05, 0) is 17.7 Å². The zero-order valence-electron chi connectivity index (χ0n) is 19.1. The van der Waals surface area contributed by atoms with Crippen molar-refractivity contribution in [3.8, 4) is 0 Å². The van der Waals surface area contributed by atoms with Gasteiger partial charge in [0.25, 0.3) is 0 Å². The molecular formula is C24H30O12. The van der Waals surface area contributed by atoms with Crippen molar-refractivity contribution in [1.29, 1.82) is 0 Å². The first-order valence-corrected chi connectivity index (χ1v) is 11.4. The van der Waals surface area contributed by atoms with Crippen LogP contribution in [-0.2, 0) is 23.7 Å². The van der Waals surface area contributed by atoms with Crippen molar-refractivity contribution in [2.24, 2.45) is 11.8 Å². The molecule has 12 heteroatoms. The van der Waals surface area contributed by atoms with Gasteiger partial charge in [0.15, 0.2) is 6.29 Å². The second-order valence-corrected chi connectivity index (χ2v) is 9.05. The van der Waals surface area contributed by atoms with Crippen LogP contribution in [0.3, 0.4) is 0 Å². The number of carbonyl (C=O) groups excluding carboxylic acids is 1. The van der Waals surface area contributed by atoms with Crippen molar-refractivity contribution in [3.63, 3.8) is 0 Å².